The molecule has 170 valence electrons. The zero-order valence-corrected chi connectivity index (χ0v) is 16.7. The SMILES string of the molecule is O=C(Nc1cnn(Cc2cccc(C(F)(F)F)c2)c1)c1ccc(Cn2cc([N+](=O)[O-])cn2)o1. The lowest BCUT2D eigenvalue weighted by atomic mass is 10.1. The van der Waals surface area contributed by atoms with E-state index in [1.54, 1.807) is 12.1 Å². The summed E-state index contributed by atoms with van der Waals surface area (Å²) in [5.74, 6) is -0.206. The summed E-state index contributed by atoms with van der Waals surface area (Å²) >= 11 is 0. The first-order valence-electron chi connectivity index (χ1n) is 9.43. The average molecular weight is 460 g/mol. The Morgan fingerprint density at radius 3 is 2.58 bits per heavy atom. The van der Waals surface area contributed by atoms with Crippen molar-refractivity contribution >= 4 is 17.3 Å². The number of carbonyl (C=O) groups excluding carboxylic acids is 1. The van der Waals surface area contributed by atoms with E-state index < -0.39 is 22.6 Å². The standard InChI is InChI=1S/C20H15F3N6O4/c21-20(22,23)14-3-1-2-13(6-14)9-27-10-15(7-24-27)26-19(30)18-5-4-17(33-18)12-28-11-16(8-25-28)29(31)32/h1-8,10-11H,9,12H2,(H,26,30). The second kappa shape index (κ2) is 8.61. The minimum atomic E-state index is -4.44. The quantitative estimate of drug-likeness (QED) is 0.329. The van der Waals surface area contributed by atoms with Crippen molar-refractivity contribution in [3.05, 3.63) is 93.9 Å². The normalized spacial score (nSPS) is 11.5. The van der Waals surface area contributed by atoms with Crippen molar-refractivity contribution in [3.8, 4) is 0 Å². The number of rotatable bonds is 7. The van der Waals surface area contributed by atoms with Crippen LogP contribution in [0.2, 0.25) is 0 Å². The van der Waals surface area contributed by atoms with E-state index in [0.717, 1.165) is 18.3 Å². The molecule has 0 spiro atoms. The first-order valence-corrected chi connectivity index (χ1v) is 9.43. The molecule has 0 saturated carbocycles. The van der Waals surface area contributed by atoms with Crippen LogP contribution < -0.4 is 5.32 Å². The van der Waals surface area contributed by atoms with Gasteiger partial charge in [0.2, 0.25) is 0 Å². The van der Waals surface area contributed by atoms with Gasteiger partial charge >= 0.3 is 11.9 Å². The van der Waals surface area contributed by atoms with Gasteiger partial charge in [0.1, 0.15) is 18.2 Å². The molecule has 1 amide bonds. The number of furan rings is 1. The van der Waals surface area contributed by atoms with Gasteiger partial charge in [0.05, 0.1) is 35.5 Å². The molecule has 1 N–H and O–H groups in total. The van der Waals surface area contributed by atoms with Crippen LogP contribution >= 0.6 is 0 Å². The highest BCUT2D eigenvalue weighted by Crippen LogP contribution is 2.29. The summed E-state index contributed by atoms with van der Waals surface area (Å²) in [5, 5.41) is 21.2. The van der Waals surface area contributed by atoms with Gasteiger partial charge in [-0.1, -0.05) is 12.1 Å². The molecule has 0 radical (unpaired) electrons. The van der Waals surface area contributed by atoms with Gasteiger partial charge < -0.3 is 9.73 Å². The number of halogens is 3. The fourth-order valence-corrected chi connectivity index (χ4v) is 3.02. The topological polar surface area (TPSA) is 121 Å². The maximum absolute atomic E-state index is 12.9. The van der Waals surface area contributed by atoms with Crippen molar-refractivity contribution in [2.45, 2.75) is 19.3 Å². The molecule has 0 atom stereocenters. The van der Waals surface area contributed by atoms with Crippen LogP contribution in [-0.4, -0.2) is 30.4 Å². The van der Waals surface area contributed by atoms with Crippen LogP contribution in [0.3, 0.4) is 0 Å². The number of amides is 1. The molecule has 0 aliphatic carbocycles. The van der Waals surface area contributed by atoms with Gasteiger partial charge in [-0.2, -0.15) is 23.4 Å². The average Bonchev–Trinajstić information content (AvgIpc) is 3.50. The number of anilines is 1. The van der Waals surface area contributed by atoms with Gasteiger partial charge in [0, 0.05) is 6.20 Å². The number of nitrogens with one attached hydrogen (secondary N) is 1. The van der Waals surface area contributed by atoms with Crippen LogP contribution in [0.5, 0.6) is 0 Å². The van der Waals surface area contributed by atoms with Crippen LogP contribution in [0.15, 0.2) is 65.6 Å². The highest BCUT2D eigenvalue weighted by Gasteiger charge is 2.30. The Morgan fingerprint density at radius 1 is 1.09 bits per heavy atom. The third-order valence-electron chi connectivity index (χ3n) is 4.52. The Labute approximate surface area is 183 Å². The largest absolute Gasteiger partial charge is 0.454 e. The number of nitro groups is 1. The molecule has 33 heavy (non-hydrogen) atoms. The van der Waals surface area contributed by atoms with Crippen LogP contribution in [0.25, 0.3) is 0 Å². The highest BCUT2D eigenvalue weighted by molar-refractivity contribution is 6.02. The van der Waals surface area contributed by atoms with E-state index >= 15 is 0 Å². The first-order chi connectivity index (χ1) is 15.7. The van der Waals surface area contributed by atoms with E-state index in [9.17, 15) is 28.1 Å². The first kappa shape index (κ1) is 21.8. The monoisotopic (exact) mass is 460 g/mol. The Balaban J connectivity index is 1.37. The summed E-state index contributed by atoms with van der Waals surface area (Å²) < 4.78 is 46.7. The summed E-state index contributed by atoms with van der Waals surface area (Å²) in [6.45, 7) is 0.177. The molecule has 0 aliphatic heterocycles. The van der Waals surface area contributed by atoms with E-state index in [0.29, 0.717) is 17.0 Å². The third kappa shape index (κ3) is 5.26. The summed E-state index contributed by atoms with van der Waals surface area (Å²) in [7, 11) is 0. The Kier molecular flexibility index (Phi) is 5.69. The maximum Gasteiger partial charge on any atom is 0.416 e. The molecule has 3 aromatic heterocycles. The van der Waals surface area contributed by atoms with Gasteiger partial charge in [-0.05, 0) is 29.8 Å². The number of hydrogen-bond acceptors (Lipinski definition) is 6. The second-order valence-corrected chi connectivity index (χ2v) is 7.00. The van der Waals surface area contributed by atoms with Crippen LogP contribution in [0.4, 0.5) is 24.5 Å². The lowest BCUT2D eigenvalue weighted by Gasteiger charge is -2.08. The number of alkyl halides is 3. The number of carbonyl (C=O) groups is 1. The van der Waals surface area contributed by atoms with Crippen LogP contribution in [-0.2, 0) is 19.3 Å². The molecular formula is C20H15F3N6O4. The third-order valence-corrected chi connectivity index (χ3v) is 4.52. The molecule has 4 rings (SSSR count). The summed E-state index contributed by atoms with van der Waals surface area (Å²) in [6.07, 6.45) is 0.741. The van der Waals surface area contributed by atoms with E-state index in [1.165, 1.54) is 40.1 Å². The summed E-state index contributed by atoms with van der Waals surface area (Å²) in [5.41, 5.74) is -0.186. The molecule has 0 saturated heterocycles. The van der Waals surface area contributed by atoms with Crippen molar-refractivity contribution in [3.63, 3.8) is 0 Å². The van der Waals surface area contributed by atoms with Crippen molar-refractivity contribution < 1.29 is 27.3 Å². The highest BCUT2D eigenvalue weighted by atomic mass is 19.4. The van der Waals surface area contributed by atoms with Crippen LogP contribution in [0, 0.1) is 10.1 Å². The number of benzene rings is 1. The summed E-state index contributed by atoms with van der Waals surface area (Å²) in [4.78, 5) is 22.6. The predicted molar refractivity (Wildman–Crippen MR) is 107 cm³/mol. The van der Waals surface area contributed by atoms with Gasteiger partial charge in [-0.25, -0.2) is 0 Å². The fraction of sp³-hybridized carbons (Fsp3) is 0.150. The zero-order valence-electron chi connectivity index (χ0n) is 16.7. The second-order valence-electron chi connectivity index (χ2n) is 7.00. The lowest BCUT2D eigenvalue weighted by Crippen LogP contribution is -2.10. The molecule has 3 heterocycles. The summed E-state index contributed by atoms with van der Waals surface area (Å²) in [6, 6.07) is 7.88. The molecule has 10 nitrogen and oxygen atoms in total. The molecular weight excluding hydrogens is 445 g/mol. The predicted octanol–water partition coefficient (Wildman–Crippen LogP) is 3.95. The van der Waals surface area contributed by atoms with E-state index in [4.69, 9.17) is 4.42 Å². The van der Waals surface area contributed by atoms with Gasteiger partial charge in [0.15, 0.2) is 5.76 Å². The van der Waals surface area contributed by atoms with Gasteiger partial charge in [-0.3, -0.25) is 24.3 Å². The smallest absolute Gasteiger partial charge is 0.416 e. The number of nitrogens with zero attached hydrogens (tertiary/aromatic N) is 5. The Hall–Kier alpha value is -4.42. The van der Waals surface area contributed by atoms with Crippen molar-refractivity contribution in [1.82, 2.24) is 19.6 Å². The van der Waals surface area contributed by atoms with Crippen molar-refractivity contribution in [2.75, 3.05) is 5.32 Å². The molecule has 1 aromatic carbocycles. The molecule has 0 fully saturated rings. The molecule has 0 bridgehead atoms. The molecule has 13 heteroatoms. The number of aromatic nitrogens is 4. The fourth-order valence-electron chi connectivity index (χ4n) is 3.02. The zero-order chi connectivity index (χ0) is 23.6. The molecule has 0 unspecified atom stereocenters. The maximum atomic E-state index is 12.9. The van der Waals surface area contributed by atoms with E-state index in [1.807, 2.05) is 0 Å². The van der Waals surface area contributed by atoms with Gasteiger partial charge in [-0.15, -0.1) is 0 Å². The van der Waals surface area contributed by atoms with Crippen molar-refractivity contribution in [2.24, 2.45) is 0 Å². The molecule has 4 aromatic rings. The van der Waals surface area contributed by atoms with Gasteiger partial charge in [0.25, 0.3) is 5.91 Å². The minimum absolute atomic E-state index is 0.00251. The molecule has 0 aliphatic rings. The number of hydrogen-bond donors (Lipinski definition) is 1. The van der Waals surface area contributed by atoms with E-state index in [2.05, 4.69) is 15.5 Å². The van der Waals surface area contributed by atoms with E-state index in [-0.39, 0.29) is 24.5 Å². The Morgan fingerprint density at radius 2 is 1.85 bits per heavy atom. The Bertz CT molecular complexity index is 1310. The lowest BCUT2D eigenvalue weighted by molar-refractivity contribution is -0.385. The minimum Gasteiger partial charge on any atom is -0.454 e. The van der Waals surface area contributed by atoms with Crippen LogP contribution in [0.1, 0.15) is 27.4 Å². The van der Waals surface area contributed by atoms with Crippen molar-refractivity contribution in [1.29, 1.82) is 0 Å².